The first kappa shape index (κ1) is 20.3. The summed E-state index contributed by atoms with van der Waals surface area (Å²) in [6, 6.07) is 15.0. The van der Waals surface area contributed by atoms with Gasteiger partial charge in [-0.1, -0.05) is 36.4 Å². The number of carbonyl (C=O) groups excluding carboxylic acids is 1. The summed E-state index contributed by atoms with van der Waals surface area (Å²) in [5.41, 5.74) is 1.68. The van der Waals surface area contributed by atoms with E-state index >= 15 is 0 Å². The summed E-state index contributed by atoms with van der Waals surface area (Å²) in [5.74, 6) is 0.210. The molecule has 0 bridgehead atoms. The van der Waals surface area contributed by atoms with E-state index in [9.17, 15) is 9.59 Å². The van der Waals surface area contributed by atoms with Crippen molar-refractivity contribution < 1.29 is 24.2 Å². The van der Waals surface area contributed by atoms with Crippen molar-refractivity contribution in [1.29, 1.82) is 0 Å². The molecule has 0 unspecified atom stereocenters. The highest BCUT2D eigenvalue weighted by atomic mass is 16.5. The van der Waals surface area contributed by atoms with E-state index < -0.39 is 5.97 Å². The molecule has 0 radical (unpaired) electrons. The smallest absolute Gasteiger partial charge is 0.303 e. The number of hydrogen-bond acceptors (Lipinski definition) is 4. The number of aliphatic carboxylic acids is 1. The topological polar surface area (TPSA) is 76.1 Å². The van der Waals surface area contributed by atoms with Crippen LogP contribution in [0.5, 0.6) is 11.5 Å². The fourth-order valence-corrected chi connectivity index (χ4v) is 2.88. The van der Waals surface area contributed by atoms with Crippen LogP contribution in [0.1, 0.15) is 24.0 Å². The molecule has 0 saturated heterocycles. The summed E-state index contributed by atoms with van der Waals surface area (Å²) in [7, 11) is 3.11. The minimum atomic E-state index is -0.867. The van der Waals surface area contributed by atoms with Crippen molar-refractivity contribution >= 4 is 11.9 Å². The molecule has 0 spiro atoms. The van der Waals surface area contributed by atoms with Crippen LogP contribution in [-0.4, -0.2) is 42.6 Å². The standard InChI is InChI=1S/C21H25NO5/c1-26-18-10-6-11-19(27-2)17(18)14-20(23)22(13-7-12-21(24)25)15-16-8-4-3-5-9-16/h3-6,8-11H,7,12-15H2,1-2H3,(H,24,25). The van der Waals surface area contributed by atoms with E-state index in [1.165, 1.54) is 0 Å². The number of rotatable bonds is 10. The van der Waals surface area contributed by atoms with Crippen molar-refractivity contribution in [3.8, 4) is 11.5 Å². The molecule has 6 nitrogen and oxygen atoms in total. The summed E-state index contributed by atoms with van der Waals surface area (Å²) < 4.78 is 10.7. The van der Waals surface area contributed by atoms with Gasteiger partial charge < -0.3 is 19.5 Å². The average molecular weight is 371 g/mol. The SMILES string of the molecule is COc1cccc(OC)c1CC(=O)N(CCCC(=O)O)Cc1ccccc1. The Morgan fingerprint density at radius 3 is 2.15 bits per heavy atom. The Bertz CT molecular complexity index is 738. The average Bonchev–Trinajstić information content (AvgIpc) is 2.67. The zero-order valence-corrected chi connectivity index (χ0v) is 15.7. The summed E-state index contributed by atoms with van der Waals surface area (Å²) in [6.07, 6.45) is 0.542. The molecule has 144 valence electrons. The second-order valence-corrected chi connectivity index (χ2v) is 6.12. The molecule has 0 saturated carbocycles. The summed E-state index contributed by atoms with van der Waals surface area (Å²) in [6.45, 7) is 0.800. The fraction of sp³-hybridized carbons (Fsp3) is 0.333. The van der Waals surface area contributed by atoms with Gasteiger partial charge in [0.25, 0.3) is 0 Å². The normalized spacial score (nSPS) is 10.3. The van der Waals surface area contributed by atoms with E-state index in [1.807, 2.05) is 30.3 Å². The lowest BCUT2D eigenvalue weighted by Gasteiger charge is -2.24. The van der Waals surface area contributed by atoms with Gasteiger partial charge >= 0.3 is 5.97 Å². The van der Waals surface area contributed by atoms with Crippen LogP contribution in [0.25, 0.3) is 0 Å². The number of ether oxygens (including phenoxy) is 2. The maximum atomic E-state index is 13.0. The molecule has 0 aliphatic carbocycles. The Hall–Kier alpha value is -3.02. The first-order valence-corrected chi connectivity index (χ1v) is 8.78. The first-order chi connectivity index (χ1) is 13.0. The lowest BCUT2D eigenvalue weighted by atomic mass is 10.1. The molecule has 1 N–H and O–H groups in total. The van der Waals surface area contributed by atoms with Gasteiger partial charge in [0.05, 0.1) is 20.6 Å². The molecule has 2 rings (SSSR count). The predicted molar refractivity (Wildman–Crippen MR) is 102 cm³/mol. The number of amides is 1. The highest BCUT2D eigenvalue weighted by molar-refractivity contribution is 5.80. The lowest BCUT2D eigenvalue weighted by Crippen LogP contribution is -2.33. The highest BCUT2D eigenvalue weighted by Gasteiger charge is 2.19. The van der Waals surface area contributed by atoms with E-state index in [0.29, 0.717) is 36.6 Å². The van der Waals surface area contributed by atoms with Crippen molar-refractivity contribution in [3.63, 3.8) is 0 Å². The van der Waals surface area contributed by atoms with Crippen molar-refractivity contribution in [1.82, 2.24) is 4.90 Å². The van der Waals surface area contributed by atoms with Gasteiger partial charge in [0, 0.05) is 25.1 Å². The first-order valence-electron chi connectivity index (χ1n) is 8.78. The highest BCUT2D eigenvalue weighted by Crippen LogP contribution is 2.29. The molecule has 0 atom stereocenters. The van der Waals surface area contributed by atoms with Crippen molar-refractivity contribution in [2.75, 3.05) is 20.8 Å². The van der Waals surface area contributed by atoms with Gasteiger partial charge in [-0.3, -0.25) is 9.59 Å². The van der Waals surface area contributed by atoms with Gasteiger partial charge in [0.15, 0.2) is 0 Å². The third-order valence-corrected chi connectivity index (χ3v) is 4.25. The number of benzene rings is 2. The van der Waals surface area contributed by atoms with Gasteiger partial charge in [-0.2, -0.15) is 0 Å². The van der Waals surface area contributed by atoms with Crippen LogP contribution in [0, 0.1) is 0 Å². The molecule has 0 aliphatic heterocycles. The van der Waals surface area contributed by atoms with Crippen molar-refractivity contribution in [3.05, 3.63) is 59.7 Å². The zero-order chi connectivity index (χ0) is 19.6. The summed E-state index contributed by atoms with van der Waals surface area (Å²) >= 11 is 0. The minimum absolute atomic E-state index is 0.0244. The molecular formula is C21H25NO5. The van der Waals surface area contributed by atoms with Gasteiger partial charge in [-0.15, -0.1) is 0 Å². The van der Waals surface area contributed by atoms with E-state index in [1.54, 1.807) is 37.3 Å². The third kappa shape index (κ3) is 6.02. The van der Waals surface area contributed by atoms with Gasteiger partial charge in [-0.05, 0) is 24.1 Å². The summed E-state index contributed by atoms with van der Waals surface area (Å²) in [5, 5.41) is 8.89. The number of carboxylic acid groups (broad SMARTS) is 1. The van der Waals surface area contributed by atoms with Gasteiger partial charge in [-0.25, -0.2) is 0 Å². The van der Waals surface area contributed by atoms with Crippen LogP contribution in [0.15, 0.2) is 48.5 Å². The molecule has 0 heterocycles. The van der Waals surface area contributed by atoms with Crippen LogP contribution in [0.4, 0.5) is 0 Å². The second kappa shape index (κ2) is 10.2. The van der Waals surface area contributed by atoms with Crippen molar-refractivity contribution in [2.45, 2.75) is 25.8 Å². The van der Waals surface area contributed by atoms with E-state index in [-0.39, 0.29) is 18.7 Å². The Morgan fingerprint density at radius 1 is 0.963 bits per heavy atom. The van der Waals surface area contributed by atoms with E-state index in [0.717, 1.165) is 5.56 Å². The molecule has 2 aromatic rings. The van der Waals surface area contributed by atoms with Crippen LogP contribution < -0.4 is 9.47 Å². The quantitative estimate of drug-likeness (QED) is 0.694. The lowest BCUT2D eigenvalue weighted by molar-refractivity contribution is -0.138. The molecule has 0 fully saturated rings. The molecule has 27 heavy (non-hydrogen) atoms. The summed E-state index contributed by atoms with van der Waals surface area (Å²) in [4.78, 5) is 25.5. The molecule has 0 aromatic heterocycles. The second-order valence-electron chi connectivity index (χ2n) is 6.12. The minimum Gasteiger partial charge on any atom is -0.496 e. The van der Waals surface area contributed by atoms with E-state index in [4.69, 9.17) is 14.6 Å². The molecular weight excluding hydrogens is 346 g/mol. The molecule has 1 amide bonds. The van der Waals surface area contributed by atoms with E-state index in [2.05, 4.69) is 0 Å². The number of carboxylic acids is 1. The van der Waals surface area contributed by atoms with Crippen LogP contribution in [0.3, 0.4) is 0 Å². The molecule has 0 aliphatic rings. The van der Waals surface area contributed by atoms with Crippen molar-refractivity contribution in [2.24, 2.45) is 0 Å². The zero-order valence-electron chi connectivity index (χ0n) is 15.7. The number of methoxy groups -OCH3 is 2. The Labute approximate surface area is 159 Å². The molecule has 2 aromatic carbocycles. The largest absolute Gasteiger partial charge is 0.496 e. The Kier molecular flexibility index (Phi) is 7.67. The fourth-order valence-electron chi connectivity index (χ4n) is 2.88. The Balaban J connectivity index is 2.18. The van der Waals surface area contributed by atoms with Gasteiger partial charge in [0.2, 0.25) is 5.91 Å². The number of carbonyl (C=O) groups is 2. The van der Waals surface area contributed by atoms with Crippen LogP contribution >= 0.6 is 0 Å². The Morgan fingerprint density at radius 2 is 1.59 bits per heavy atom. The molecule has 6 heteroatoms. The third-order valence-electron chi connectivity index (χ3n) is 4.25. The predicted octanol–water partition coefficient (Wildman–Crippen LogP) is 3.14. The van der Waals surface area contributed by atoms with Crippen LogP contribution in [0.2, 0.25) is 0 Å². The number of hydrogen-bond donors (Lipinski definition) is 1. The number of nitrogens with zero attached hydrogens (tertiary/aromatic N) is 1. The maximum absolute atomic E-state index is 13.0. The monoisotopic (exact) mass is 371 g/mol. The van der Waals surface area contributed by atoms with Crippen LogP contribution in [-0.2, 0) is 22.6 Å². The maximum Gasteiger partial charge on any atom is 0.303 e. The van der Waals surface area contributed by atoms with Gasteiger partial charge in [0.1, 0.15) is 11.5 Å².